The van der Waals surface area contributed by atoms with Gasteiger partial charge in [0.25, 0.3) is 0 Å². The minimum atomic E-state index is -1.44. The van der Waals surface area contributed by atoms with E-state index in [0.717, 1.165) is 39.5 Å². The Morgan fingerprint density at radius 3 is 1.48 bits per heavy atom. The van der Waals surface area contributed by atoms with Gasteiger partial charge in [-0.3, -0.25) is 9.59 Å². The van der Waals surface area contributed by atoms with Crippen LogP contribution < -0.4 is 4.74 Å². The van der Waals surface area contributed by atoms with Gasteiger partial charge in [-0.1, -0.05) is 116 Å². The van der Waals surface area contributed by atoms with Crippen molar-refractivity contribution in [1.82, 2.24) is 15.0 Å². The van der Waals surface area contributed by atoms with Gasteiger partial charge >= 0.3 is 23.9 Å². The van der Waals surface area contributed by atoms with Crippen molar-refractivity contribution in [2.24, 2.45) is 5.41 Å². The zero-order valence-electron chi connectivity index (χ0n) is 33.8. The molecule has 1 unspecified atom stereocenters. The maximum atomic E-state index is 13.2. The molecule has 0 aliphatic carbocycles. The summed E-state index contributed by atoms with van der Waals surface area (Å²) >= 11 is 0. The molecule has 0 saturated carbocycles. The first-order valence-electron chi connectivity index (χ1n) is 19.2. The lowest BCUT2D eigenvalue weighted by Crippen LogP contribution is -2.44. The number of aromatic hydroxyl groups is 1. The maximum absolute atomic E-state index is 13.2. The summed E-state index contributed by atoms with van der Waals surface area (Å²) in [5.74, 6) is -2.09. The van der Waals surface area contributed by atoms with E-state index >= 15 is 0 Å². The van der Waals surface area contributed by atoms with Crippen molar-refractivity contribution < 1.29 is 48.0 Å². The number of ether oxygens (including phenoxy) is 5. The molecule has 0 spiro atoms. The van der Waals surface area contributed by atoms with Gasteiger partial charge in [0.15, 0.2) is 23.6 Å². The Hall–Kier alpha value is -7.67. The van der Waals surface area contributed by atoms with E-state index in [4.69, 9.17) is 38.6 Å². The van der Waals surface area contributed by atoms with Gasteiger partial charge in [-0.25, -0.2) is 24.5 Å². The van der Waals surface area contributed by atoms with Crippen LogP contribution in [0.4, 0.5) is 0 Å². The van der Waals surface area contributed by atoms with Crippen LogP contribution in [-0.4, -0.2) is 76.5 Å². The van der Waals surface area contributed by atoms with Crippen LogP contribution in [0.3, 0.4) is 0 Å². The number of hydrogen-bond acceptors (Lipinski definition) is 13. The Bertz CT molecular complexity index is 2370. The molecule has 5 aromatic carbocycles. The molecule has 0 amide bonds. The number of rotatable bonds is 17. The van der Waals surface area contributed by atoms with E-state index in [1.54, 1.807) is 12.1 Å². The van der Waals surface area contributed by atoms with Gasteiger partial charge in [-0.15, -0.1) is 0 Å². The summed E-state index contributed by atoms with van der Waals surface area (Å²) in [7, 11) is 0. The second-order valence-electron chi connectivity index (χ2n) is 14.1. The lowest BCUT2D eigenvalue weighted by Gasteiger charge is -2.31. The average Bonchev–Trinajstić information content (AvgIpc) is 3.28. The van der Waals surface area contributed by atoms with Gasteiger partial charge in [-0.05, 0) is 41.3 Å². The van der Waals surface area contributed by atoms with Gasteiger partial charge in [0.2, 0.25) is 0 Å². The van der Waals surface area contributed by atoms with Crippen LogP contribution in [0.15, 0.2) is 140 Å². The van der Waals surface area contributed by atoms with Crippen LogP contribution in [0, 0.1) is 5.41 Å². The number of benzene rings is 5. The van der Waals surface area contributed by atoms with Crippen molar-refractivity contribution in [2.45, 2.75) is 26.9 Å². The van der Waals surface area contributed by atoms with Crippen molar-refractivity contribution in [3.63, 3.8) is 0 Å². The average molecular weight is 822 g/mol. The van der Waals surface area contributed by atoms with Gasteiger partial charge in [0.05, 0.1) is 5.56 Å². The number of esters is 4. The molecule has 61 heavy (non-hydrogen) atoms. The molecule has 0 saturated heterocycles. The first-order chi connectivity index (χ1) is 29.4. The summed E-state index contributed by atoms with van der Waals surface area (Å²) in [6.45, 7) is 5.40. The predicted molar refractivity (Wildman–Crippen MR) is 227 cm³/mol. The van der Waals surface area contributed by atoms with Gasteiger partial charge in [0.1, 0.15) is 43.3 Å². The summed E-state index contributed by atoms with van der Waals surface area (Å²) < 4.78 is 26.8. The van der Waals surface area contributed by atoms with E-state index in [9.17, 15) is 24.3 Å². The monoisotopic (exact) mass is 821 g/mol. The Labute approximate surface area is 352 Å². The van der Waals surface area contributed by atoms with Crippen molar-refractivity contribution in [3.05, 3.63) is 140 Å². The molecule has 310 valence electrons. The fraction of sp³-hybridized carbons (Fsp3) is 0.188. The molecule has 1 heterocycles. The van der Waals surface area contributed by atoms with Gasteiger partial charge in [-0.2, -0.15) is 0 Å². The summed E-state index contributed by atoms with van der Waals surface area (Å²) in [5, 5.41) is 11.4. The Morgan fingerprint density at radius 2 is 1.02 bits per heavy atom. The van der Waals surface area contributed by atoms with E-state index in [2.05, 4.69) is 6.58 Å². The normalized spacial score (nSPS) is 11.5. The van der Waals surface area contributed by atoms with Crippen LogP contribution in [-0.2, 0) is 38.1 Å². The maximum Gasteiger partial charge on any atom is 0.347 e. The minimum absolute atomic E-state index is 0.124. The molecule has 1 atom stereocenters. The van der Waals surface area contributed by atoms with E-state index < -0.39 is 61.8 Å². The molecular weight excluding hydrogens is 779 g/mol. The molecule has 1 aromatic heterocycles. The number of phenols is 1. The summed E-state index contributed by atoms with van der Waals surface area (Å²) in [4.78, 5) is 62.9. The Kier molecular flexibility index (Phi) is 14.0. The van der Waals surface area contributed by atoms with Crippen LogP contribution in [0.25, 0.3) is 56.4 Å². The number of phenolic OH excluding ortho intramolecular Hbond substituents is 1. The van der Waals surface area contributed by atoms with Crippen LogP contribution in [0.1, 0.15) is 20.8 Å². The second-order valence-corrected chi connectivity index (χ2v) is 14.1. The fourth-order valence-corrected chi connectivity index (χ4v) is 6.05. The van der Waals surface area contributed by atoms with E-state index in [-0.39, 0.29) is 22.9 Å². The zero-order valence-corrected chi connectivity index (χ0v) is 33.8. The first kappa shape index (κ1) is 42.9. The Morgan fingerprint density at radius 1 is 0.590 bits per heavy atom. The van der Waals surface area contributed by atoms with Crippen molar-refractivity contribution >= 4 is 23.9 Å². The first-order valence-corrected chi connectivity index (χ1v) is 19.2. The standard InChI is InChI=1S/C48H43N3O10/c1-5-43(55)59-29-48(27-57-32(3)52,28-58-33(4)53)30-60-47(56)31(2)61-40-24-25-41(42(54)26-40)46-50-44(38-20-16-36(17-21-38)34-12-8-6-9-13-34)49-45(51-46)39-22-18-37(19-23-39)35-14-10-7-11-15-35/h5-26,31,54H,1,27-30H2,2-4H3. The third kappa shape index (κ3) is 11.5. The van der Waals surface area contributed by atoms with Crippen LogP contribution in [0.2, 0.25) is 0 Å². The molecule has 1 N–H and O–H groups in total. The molecule has 6 aromatic rings. The molecule has 13 heteroatoms. The highest BCUT2D eigenvalue weighted by Gasteiger charge is 2.38. The molecule has 0 radical (unpaired) electrons. The number of carbonyl (C=O) groups is 4. The summed E-state index contributed by atoms with van der Waals surface area (Å²) in [5.41, 5.74) is 4.50. The number of aromatic nitrogens is 3. The Balaban J connectivity index is 1.24. The highest BCUT2D eigenvalue weighted by atomic mass is 16.6. The van der Waals surface area contributed by atoms with Crippen molar-refractivity contribution in [1.29, 1.82) is 0 Å². The fourth-order valence-electron chi connectivity index (χ4n) is 6.05. The van der Waals surface area contributed by atoms with Gasteiger partial charge < -0.3 is 28.8 Å². The third-order valence-electron chi connectivity index (χ3n) is 9.36. The third-order valence-corrected chi connectivity index (χ3v) is 9.36. The topological polar surface area (TPSA) is 173 Å². The largest absolute Gasteiger partial charge is 0.507 e. The molecule has 0 aliphatic heterocycles. The molecular formula is C48H43N3O10. The lowest BCUT2D eigenvalue weighted by molar-refractivity contribution is -0.170. The molecule has 6 rings (SSSR count). The predicted octanol–water partition coefficient (Wildman–Crippen LogP) is 8.06. The summed E-state index contributed by atoms with van der Waals surface area (Å²) in [6.07, 6.45) is -0.284. The van der Waals surface area contributed by atoms with Crippen molar-refractivity contribution in [2.75, 3.05) is 26.4 Å². The molecule has 0 fully saturated rings. The van der Waals surface area contributed by atoms with Crippen molar-refractivity contribution in [3.8, 4) is 67.9 Å². The highest BCUT2D eigenvalue weighted by Crippen LogP contribution is 2.34. The second kappa shape index (κ2) is 19.9. The molecule has 13 nitrogen and oxygen atoms in total. The highest BCUT2D eigenvalue weighted by molar-refractivity contribution is 5.81. The van der Waals surface area contributed by atoms with Gasteiger partial charge in [0, 0.05) is 37.1 Å². The zero-order chi connectivity index (χ0) is 43.4. The van der Waals surface area contributed by atoms with E-state index in [0.29, 0.717) is 11.6 Å². The van der Waals surface area contributed by atoms with Crippen LogP contribution >= 0.6 is 0 Å². The summed E-state index contributed by atoms with van der Waals surface area (Å²) in [6, 6.07) is 40.2. The SMILES string of the molecule is C=CC(=O)OCC(COC(C)=O)(COC(C)=O)COC(=O)C(C)Oc1ccc(-c2nc(-c3ccc(-c4ccccc4)cc3)nc(-c3ccc(-c4ccccc4)cc3)n2)c(O)c1. The molecule has 0 bridgehead atoms. The van der Waals surface area contributed by atoms with E-state index in [1.165, 1.54) is 26.8 Å². The lowest BCUT2D eigenvalue weighted by atomic mass is 9.92. The molecule has 0 aliphatic rings. The minimum Gasteiger partial charge on any atom is -0.507 e. The van der Waals surface area contributed by atoms with Crippen LogP contribution in [0.5, 0.6) is 11.5 Å². The number of carbonyl (C=O) groups excluding carboxylic acids is 4. The smallest absolute Gasteiger partial charge is 0.347 e. The number of hydrogen-bond donors (Lipinski definition) is 1. The number of nitrogens with zero attached hydrogens (tertiary/aromatic N) is 3. The quantitative estimate of drug-likeness (QED) is 0.0532. The van der Waals surface area contributed by atoms with E-state index in [1.807, 2.05) is 109 Å².